The van der Waals surface area contributed by atoms with Gasteiger partial charge >= 0.3 is 6.09 Å². The number of hydrogen-bond acceptors (Lipinski definition) is 7. The van der Waals surface area contributed by atoms with Crippen LogP contribution >= 0.6 is 0 Å². The van der Waals surface area contributed by atoms with E-state index in [9.17, 15) is 19.1 Å². The van der Waals surface area contributed by atoms with Gasteiger partial charge in [-0.15, -0.1) is 0 Å². The molecule has 0 radical (unpaired) electrons. The standard InChI is InChI=1S/C24H25FN4O5/c1-15(30)27-10-20-12-29(24(32)34-20)19-6-7-21(22(25)8-19)16-2-4-17(5-3-16)23(31)11-26-9-18-13-33-14-28-18/h2-8,13-14,20,23,26,31H,9-12H2,1H3,(H,27,30). The highest BCUT2D eigenvalue weighted by Gasteiger charge is 2.32. The van der Waals surface area contributed by atoms with Crippen molar-refractivity contribution in [2.75, 3.05) is 24.5 Å². The van der Waals surface area contributed by atoms with Gasteiger partial charge in [0.15, 0.2) is 6.39 Å². The van der Waals surface area contributed by atoms with E-state index >= 15 is 0 Å². The Morgan fingerprint density at radius 2 is 2.09 bits per heavy atom. The first kappa shape index (κ1) is 23.4. The minimum atomic E-state index is -0.736. The van der Waals surface area contributed by atoms with Gasteiger partial charge in [0.05, 0.1) is 30.6 Å². The summed E-state index contributed by atoms with van der Waals surface area (Å²) in [5, 5.41) is 16.1. The summed E-state index contributed by atoms with van der Waals surface area (Å²) in [7, 11) is 0. The molecule has 1 aliphatic heterocycles. The van der Waals surface area contributed by atoms with E-state index in [2.05, 4.69) is 15.6 Å². The Bertz CT molecular complexity index is 1140. The van der Waals surface area contributed by atoms with Crippen molar-refractivity contribution in [1.29, 1.82) is 0 Å². The molecule has 0 aliphatic carbocycles. The molecular weight excluding hydrogens is 443 g/mol. The van der Waals surface area contributed by atoms with Gasteiger partial charge < -0.3 is 24.9 Å². The third kappa shape index (κ3) is 5.59. The topological polar surface area (TPSA) is 117 Å². The number of amides is 2. The maximum atomic E-state index is 14.9. The summed E-state index contributed by atoms with van der Waals surface area (Å²) in [5.41, 5.74) is 2.83. The first-order valence-corrected chi connectivity index (χ1v) is 10.8. The maximum absolute atomic E-state index is 14.9. The van der Waals surface area contributed by atoms with Crippen LogP contribution in [-0.2, 0) is 16.1 Å². The van der Waals surface area contributed by atoms with Gasteiger partial charge in [0.25, 0.3) is 0 Å². The van der Waals surface area contributed by atoms with E-state index in [-0.39, 0.29) is 19.0 Å². The quantitative estimate of drug-likeness (QED) is 0.442. The number of ether oxygens (including phenoxy) is 1. The Labute approximate surface area is 195 Å². The van der Waals surface area contributed by atoms with Gasteiger partial charge in [-0.1, -0.05) is 24.3 Å². The van der Waals surface area contributed by atoms with Crippen molar-refractivity contribution in [1.82, 2.24) is 15.6 Å². The molecule has 2 unspecified atom stereocenters. The molecule has 3 N–H and O–H groups in total. The van der Waals surface area contributed by atoms with E-state index in [1.165, 1.54) is 30.5 Å². The van der Waals surface area contributed by atoms with Gasteiger partial charge in [0.2, 0.25) is 5.91 Å². The van der Waals surface area contributed by atoms with Crippen molar-refractivity contribution in [3.63, 3.8) is 0 Å². The number of carbonyl (C=O) groups is 2. The highest BCUT2D eigenvalue weighted by molar-refractivity contribution is 5.90. The van der Waals surface area contributed by atoms with Crippen molar-refractivity contribution in [3.8, 4) is 11.1 Å². The summed E-state index contributed by atoms with van der Waals surface area (Å²) in [6.07, 6.45) is 1.06. The number of aliphatic hydroxyl groups is 1. The number of hydrogen-bond donors (Lipinski definition) is 3. The summed E-state index contributed by atoms with van der Waals surface area (Å²) in [4.78, 5) is 28.6. The molecule has 3 aromatic rings. The highest BCUT2D eigenvalue weighted by atomic mass is 19.1. The van der Waals surface area contributed by atoms with E-state index in [0.29, 0.717) is 35.5 Å². The largest absolute Gasteiger partial charge is 0.451 e. The maximum Gasteiger partial charge on any atom is 0.414 e. The molecule has 178 valence electrons. The van der Waals surface area contributed by atoms with E-state index in [1.807, 2.05) is 0 Å². The second kappa shape index (κ2) is 10.4. The fourth-order valence-electron chi connectivity index (χ4n) is 3.67. The Kier molecular flexibility index (Phi) is 7.19. The minimum Gasteiger partial charge on any atom is -0.451 e. The third-order valence-electron chi connectivity index (χ3n) is 5.45. The van der Waals surface area contributed by atoms with Gasteiger partial charge in [-0.25, -0.2) is 14.2 Å². The van der Waals surface area contributed by atoms with Crippen LogP contribution in [0.3, 0.4) is 0 Å². The van der Waals surface area contributed by atoms with Gasteiger partial charge in [0.1, 0.15) is 18.2 Å². The fourth-order valence-corrected chi connectivity index (χ4v) is 3.67. The zero-order chi connectivity index (χ0) is 24.1. The van der Waals surface area contributed by atoms with Crippen LogP contribution in [0.25, 0.3) is 11.1 Å². The van der Waals surface area contributed by atoms with Crippen LogP contribution in [0.2, 0.25) is 0 Å². The normalized spacial score (nSPS) is 16.4. The van der Waals surface area contributed by atoms with Crippen molar-refractivity contribution in [2.45, 2.75) is 25.7 Å². The molecule has 1 saturated heterocycles. The van der Waals surface area contributed by atoms with Crippen LogP contribution in [0, 0.1) is 5.82 Å². The van der Waals surface area contributed by atoms with Crippen LogP contribution in [0.1, 0.15) is 24.3 Å². The molecule has 10 heteroatoms. The van der Waals surface area contributed by atoms with Crippen LogP contribution in [-0.4, -0.2) is 47.8 Å². The van der Waals surface area contributed by atoms with Crippen LogP contribution in [0.5, 0.6) is 0 Å². The number of cyclic esters (lactones) is 1. The molecule has 0 bridgehead atoms. The number of aliphatic hydroxyl groups excluding tert-OH is 1. The summed E-state index contributed by atoms with van der Waals surface area (Å²) >= 11 is 0. The first-order chi connectivity index (χ1) is 16.4. The summed E-state index contributed by atoms with van der Waals surface area (Å²) < 4.78 is 25.1. The summed E-state index contributed by atoms with van der Waals surface area (Å²) in [6.45, 7) is 2.60. The Balaban J connectivity index is 1.38. The minimum absolute atomic E-state index is 0.200. The molecule has 2 aromatic carbocycles. The zero-order valence-corrected chi connectivity index (χ0v) is 18.5. The second-order valence-electron chi connectivity index (χ2n) is 7.97. The van der Waals surface area contributed by atoms with E-state index < -0.39 is 24.1 Å². The average molecular weight is 468 g/mol. The lowest BCUT2D eigenvalue weighted by molar-refractivity contribution is -0.119. The third-order valence-corrected chi connectivity index (χ3v) is 5.45. The van der Waals surface area contributed by atoms with Crippen molar-refractivity contribution >= 4 is 17.7 Å². The van der Waals surface area contributed by atoms with Crippen molar-refractivity contribution in [3.05, 3.63) is 72.2 Å². The van der Waals surface area contributed by atoms with E-state index in [0.717, 1.165) is 5.69 Å². The summed E-state index contributed by atoms with van der Waals surface area (Å²) in [5.74, 6) is -0.704. The number of oxazole rings is 1. The number of nitrogens with zero attached hydrogens (tertiary/aromatic N) is 2. The van der Waals surface area contributed by atoms with Gasteiger partial charge in [-0.05, 0) is 29.3 Å². The Hall–Kier alpha value is -3.76. The lowest BCUT2D eigenvalue weighted by Crippen LogP contribution is -2.33. The molecule has 0 spiro atoms. The number of halogens is 1. The first-order valence-electron chi connectivity index (χ1n) is 10.8. The number of rotatable bonds is 9. The molecule has 0 saturated carbocycles. The van der Waals surface area contributed by atoms with Crippen LogP contribution in [0.15, 0.2) is 59.5 Å². The average Bonchev–Trinajstić information content (AvgIpc) is 3.47. The predicted molar refractivity (Wildman–Crippen MR) is 121 cm³/mol. The Morgan fingerprint density at radius 3 is 2.76 bits per heavy atom. The molecular formula is C24H25FN4O5. The number of nitrogens with one attached hydrogen (secondary N) is 2. The monoisotopic (exact) mass is 468 g/mol. The van der Waals surface area contributed by atoms with E-state index in [4.69, 9.17) is 9.15 Å². The molecule has 2 amide bonds. The lowest BCUT2D eigenvalue weighted by atomic mass is 10.0. The molecule has 34 heavy (non-hydrogen) atoms. The molecule has 2 heterocycles. The highest BCUT2D eigenvalue weighted by Crippen LogP contribution is 2.30. The second-order valence-corrected chi connectivity index (χ2v) is 7.97. The number of carbonyl (C=O) groups excluding carboxylic acids is 2. The summed E-state index contributed by atoms with van der Waals surface area (Å²) in [6, 6.07) is 11.5. The number of anilines is 1. The number of aromatic nitrogens is 1. The molecule has 1 aliphatic rings. The van der Waals surface area contributed by atoms with Gasteiger partial charge in [-0.3, -0.25) is 9.69 Å². The van der Waals surface area contributed by atoms with Gasteiger partial charge in [0, 0.05) is 25.6 Å². The van der Waals surface area contributed by atoms with Crippen molar-refractivity contribution < 1.29 is 28.2 Å². The zero-order valence-electron chi connectivity index (χ0n) is 18.5. The predicted octanol–water partition coefficient (Wildman–Crippen LogP) is 2.77. The van der Waals surface area contributed by atoms with Gasteiger partial charge in [-0.2, -0.15) is 0 Å². The molecule has 4 rings (SSSR count). The van der Waals surface area contributed by atoms with Crippen LogP contribution < -0.4 is 15.5 Å². The SMILES string of the molecule is CC(=O)NCC1CN(c2ccc(-c3ccc(C(O)CNCc4cocn4)cc3)c(F)c2)C(=O)O1. The fraction of sp³-hybridized carbons (Fsp3) is 0.292. The van der Waals surface area contributed by atoms with Crippen molar-refractivity contribution in [2.24, 2.45) is 0 Å². The molecule has 1 fully saturated rings. The lowest BCUT2D eigenvalue weighted by Gasteiger charge is -2.15. The molecule has 9 nitrogen and oxygen atoms in total. The smallest absolute Gasteiger partial charge is 0.414 e. The number of benzene rings is 2. The van der Waals surface area contributed by atoms with Crippen LogP contribution in [0.4, 0.5) is 14.9 Å². The van der Waals surface area contributed by atoms with E-state index in [1.54, 1.807) is 36.4 Å². The Morgan fingerprint density at radius 1 is 1.29 bits per heavy atom. The molecule has 2 atom stereocenters. The molecule has 1 aromatic heterocycles.